The first-order valence-electron chi connectivity index (χ1n) is 1.82. The highest BCUT2D eigenvalue weighted by Crippen LogP contribution is 2.19. The van der Waals surface area contributed by atoms with Gasteiger partial charge in [0.05, 0.1) is 0 Å². The van der Waals surface area contributed by atoms with Crippen LogP contribution in [0.2, 0.25) is 0 Å². The average molecular weight is 162 g/mol. The smallest absolute Gasteiger partial charge is 0.398 e. The van der Waals surface area contributed by atoms with Crippen molar-refractivity contribution in [1.29, 1.82) is 0 Å². The van der Waals surface area contributed by atoms with E-state index in [4.69, 9.17) is 0 Å². The zero-order valence-corrected chi connectivity index (χ0v) is 5.12. The second-order valence-corrected chi connectivity index (χ2v) is 1.42. The van der Waals surface area contributed by atoms with Crippen molar-refractivity contribution in [2.75, 3.05) is 7.11 Å². The lowest BCUT2D eigenvalue weighted by atomic mass is 10.7. The summed E-state index contributed by atoms with van der Waals surface area (Å²) in [5.74, 6) is 0. The van der Waals surface area contributed by atoms with Gasteiger partial charge in [-0.25, -0.2) is 0 Å². The Morgan fingerprint density at radius 2 is 2.00 bits per heavy atom. The van der Waals surface area contributed by atoms with Gasteiger partial charge < -0.3 is 4.84 Å². The summed E-state index contributed by atoms with van der Waals surface area (Å²) in [6.45, 7) is 0. The molecule has 0 radical (unpaired) electrons. The topological polar surface area (TPSA) is 21.6 Å². The maximum Gasteiger partial charge on any atom is 0.447 e. The summed E-state index contributed by atoms with van der Waals surface area (Å²) in [6.07, 6.45) is -4.60. The van der Waals surface area contributed by atoms with Gasteiger partial charge in [-0.05, 0) is 0 Å². The van der Waals surface area contributed by atoms with E-state index in [1.165, 1.54) is 0 Å². The summed E-state index contributed by atoms with van der Waals surface area (Å²) >= 11 is 4.56. The quantitative estimate of drug-likeness (QED) is 0.424. The van der Waals surface area contributed by atoms with Gasteiger partial charge in [-0.1, -0.05) is 16.8 Å². The summed E-state index contributed by atoms with van der Waals surface area (Å²) in [7, 11) is 0.980. The molecule has 0 saturated carbocycles. The van der Waals surface area contributed by atoms with Crippen LogP contribution in [0.1, 0.15) is 0 Å². The number of halogens is 4. The summed E-state index contributed by atoms with van der Waals surface area (Å²) in [4.78, 5) is 3.77. The predicted molar refractivity (Wildman–Crippen MR) is 26.4 cm³/mol. The molecule has 9 heavy (non-hydrogen) atoms. The second-order valence-electron chi connectivity index (χ2n) is 1.06. The molecule has 0 aliphatic carbocycles. The van der Waals surface area contributed by atoms with Crippen LogP contribution in [-0.4, -0.2) is 18.5 Å². The highest BCUT2D eigenvalue weighted by atomic mass is 35.5. The standard InChI is InChI=1S/C3H3ClF3NO/c1-9-8-2(4)3(5,6)7/h1H3/b8-2-. The Labute approximate surface area is 54.2 Å². The Hall–Kier alpha value is -0.450. The van der Waals surface area contributed by atoms with E-state index in [1.54, 1.807) is 0 Å². The van der Waals surface area contributed by atoms with Crippen LogP contribution in [0.25, 0.3) is 0 Å². The third-order valence-corrected chi connectivity index (χ3v) is 0.689. The van der Waals surface area contributed by atoms with Crippen LogP contribution in [-0.2, 0) is 4.84 Å². The molecule has 0 aromatic heterocycles. The largest absolute Gasteiger partial charge is 0.447 e. The molecule has 0 bridgehead atoms. The van der Waals surface area contributed by atoms with Crippen molar-refractivity contribution in [3.8, 4) is 0 Å². The molecule has 0 fully saturated rings. The molecule has 0 aromatic rings. The molecule has 0 atom stereocenters. The molecule has 6 heteroatoms. The predicted octanol–water partition coefficient (Wildman–Crippen LogP) is 1.75. The van der Waals surface area contributed by atoms with E-state index in [0.717, 1.165) is 7.11 Å². The van der Waals surface area contributed by atoms with Crippen molar-refractivity contribution in [2.24, 2.45) is 5.16 Å². The minimum Gasteiger partial charge on any atom is -0.398 e. The van der Waals surface area contributed by atoms with Gasteiger partial charge in [-0.15, -0.1) is 0 Å². The zero-order valence-electron chi connectivity index (χ0n) is 4.37. The number of alkyl halides is 3. The van der Waals surface area contributed by atoms with E-state index in [1.807, 2.05) is 0 Å². The highest BCUT2D eigenvalue weighted by molar-refractivity contribution is 6.66. The minimum atomic E-state index is -4.60. The molecule has 0 aliphatic heterocycles. The lowest BCUT2D eigenvalue weighted by molar-refractivity contribution is -0.0584. The molecule has 0 saturated heterocycles. The van der Waals surface area contributed by atoms with Crippen molar-refractivity contribution in [3.63, 3.8) is 0 Å². The maximum atomic E-state index is 11.3. The van der Waals surface area contributed by atoms with Gasteiger partial charge >= 0.3 is 6.18 Å². The minimum absolute atomic E-state index is 0.980. The normalized spacial score (nSPS) is 13.7. The first kappa shape index (κ1) is 8.55. The summed E-state index contributed by atoms with van der Waals surface area (Å²) in [6, 6.07) is 0. The molecule has 0 aliphatic rings. The number of oxime groups is 1. The molecular formula is C3H3ClF3NO. The molecule has 0 rings (SSSR count). The Balaban J connectivity index is 4.03. The van der Waals surface area contributed by atoms with Crippen molar-refractivity contribution < 1.29 is 18.0 Å². The van der Waals surface area contributed by atoms with E-state index in [-0.39, 0.29) is 0 Å². The van der Waals surface area contributed by atoms with Gasteiger partial charge in [0.1, 0.15) is 7.11 Å². The first-order chi connectivity index (χ1) is 3.98. The maximum absolute atomic E-state index is 11.3. The number of nitrogens with zero attached hydrogens (tertiary/aromatic N) is 1. The summed E-state index contributed by atoms with van der Waals surface area (Å²) in [5, 5.41) is 0.944. The molecule has 0 spiro atoms. The van der Waals surface area contributed by atoms with E-state index < -0.39 is 11.3 Å². The van der Waals surface area contributed by atoms with Gasteiger partial charge in [0.25, 0.3) is 0 Å². The Morgan fingerprint density at radius 3 is 2.11 bits per heavy atom. The SMILES string of the molecule is CO/N=C(\Cl)C(F)(F)F. The number of rotatable bonds is 1. The number of hydrogen-bond acceptors (Lipinski definition) is 2. The van der Waals surface area contributed by atoms with Crippen molar-refractivity contribution in [3.05, 3.63) is 0 Å². The average Bonchev–Trinajstić information content (AvgIpc) is 1.64. The van der Waals surface area contributed by atoms with Crippen molar-refractivity contribution >= 4 is 16.8 Å². The van der Waals surface area contributed by atoms with Gasteiger partial charge in [0.2, 0.25) is 5.17 Å². The van der Waals surface area contributed by atoms with Crippen LogP contribution < -0.4 is 0 Å². The van der Waals surface area contributed by atoms with Crippen LogP contribution in [0.15, 0.2) is 5.16 Å². The Kier molecular flexibility index (Phi) is 2.76. The zero-order chi connectivity index (χ0) is 7.49. The fourth-order valence-corrected chi connectivity index (χ4v) is 0.201. The van der Waals surface area contributed by atoms with Gasteiger partial charge in [0.15, 0.2) is 0 Å². The van der Waals surface area contributed by atoms with Crippen LogP contribution in [0.5, 0.6) is 0 Å². The van der Waals surface area contributed by atoms with E-state index >= 15 is 0 Å². The van der Waals surface area contributed by atoms with Crippen LogP contribution in [0, 0.1) is 0 Å². The molecule has 0 aromatic carbocycles. The van der Waals surface area contributed by atoms with E-state index in [0.29, 0.717) is 0 Å². The Morgan fingerprint density at radius 1 is 1.56 bits per heavy atom. The molecule has 0 heterocycles. The molecule has 54 valence electrons. The van der Waals surface area contributed by atoms with Crippen molar-refractivity contribution in [1.82, 2.24) is 0 Å². The van der Waals surface area contributed by atoms with Crippen molar-refractivity contribution in [2.45, 2.75) is 6.18 Å². The fraction of sp³-hybridized carbons (Fsp3) is 0.667. The summed E-state index contributed by atoms with van der Waals surface area (Å²) in [5.41, 5.74) is 0. The molecule has 2 nitrogen and oxygen atoms in total. The lowest BCUT2D eigenvalue weighted by Crippen LogP contribution is -2.17. The highest BCUT2D eigenvalue weighted by Gasteiger charge is 2.35. The van der Waals surface area contributed by atoms with Crippen LogP contribution >= 0.6 is 11.6 Å². The Bertz CT molecular complexity index is 121. The van der Waals surface area contributed by atoms with Crippen LogP contribution in [0.3, 0.4) is 0 Å². The van der Waals surface area contributed by atoms with Gasteiger partial charge in [0, 0.05) is 0 Å². The van der Waals surface area contributed by atoms with Gasteiger partial charge in [-0.2, -0.15) is 13.2 Å². The third kappa shape index (κ3) is 3.18. The van der Waals surface area contributed by atoms with Gasteiger partial charge in [-0.3, -0.25) is 0 Å². The van der Waals surface area contributed by atoms with Crippen LogP contribution in [0.4, 0.5) is 13.2 Å². The third-order valence-electron chi connectivity index (χ3n) is 0.405. The molecule has 0 amide bonds. The fourth-order valence-electron chi connectivity index (χ4n) is 0.132. The lowest BCUT2D eigenvalue weighted by Gasteiger charge is -1.99. The van der Waals surface area contributed by atoms with E-state index in [9.17, 15) is 13.2 Å². The number of hydrogen-bond donors (Lipinski definition) is 0. The first-order valence-corrected chi connectivity index (χ1v) is 2.20. The molecule has 0 unspecified atom stereocenters. The summed E-state index contributed by atoms with van der Waals surface area (Å²) < 4.78 is 33.9. The molecule has 0 N–H and O–H groups in total. The second kappa shape index (κ2) is 2.91. The monoisotopic (exact) mass is 161 g/mol. The molecular weight excluding hydrogens is 158 g/mol. The van der Waals surface area contributed by atoms with E-state index in [2.05, 4.69) is 21.6 Å².